The molecule has 2 nitrogen and oxygen atoms in total. The van der Waals surface area contributed by atoms with E-state index in [-0.39, 0.29) is 0 Å². The van der Waals surface area contributed by atoms with Crippen molar-refractivity contribution in [3.05, 3.63) is 30.3 Å². The lowest BCUT2D eigenvalue weighted by atomic mass is 10.0. The van der Waals surface area contributed by atoms with E-state index in [1.54, 1.807) is 0 Å². The van der Waals surface area contributed by atoms with Gasteiger partial charge in [0.1, 0.15) is 18.5 Å². The second-order valence-corrected chi connectivity index (χ2v) is 6.58. The first-order valence-electron chi connectivity index (χ1n) is 7.66. The van der Waals surface area contributed by atoms with Gasteiger partial charge in [-0.2, -0.15) is 0 Å². The van der Waals surface area contributed by atoms with Crippen LogP contribution in [-0.2, 0) is 4.74 Å². The topological polar surface area (TPSA) is 21.8 Å². The molecule has 1 aromatic rings. The van der Waals surface area contributed by atoms with Gasteiger partial charge < -0.3 is 9.47 Å². The fourth-order valence-electron chi connectivity index (χ4n) is 0.870. The van der Waals surface area contributed by atoms with Crippen molar-refractivity contribution in [3.8, 4) is 5.75 Å². The van der Waals surface area contributed by atoms with E-state index in [9.17, 15) is 0 Å². The van der Waals surface area contributed by atoms with Gasteiger partial charge >= 0.3 is 0 Å². The molecule has 1 atom stereocenters. The summed E-state index contributed by atoms with van der Waals surface area (Å²) >= 11 is 0. The lowest BCUT2D eigenvalue weighted by Crippen LogP contribution is -2.03. The molecule has 2 rings (SSSR count). The van der Waals surface area contributed by atoms with Crippen LogP contribution in [0.15, 0.2) is 30.3 Å². The van der Waals surface area contributed by atoms with Crippen LogP contribution in [0.2, 0.25) is 0 Å². The van der Waals surface area contributed by atoms with Gasteiger partial charge in [0, 0.05) is 0 Å². The van der Waals surface area contributed by atoms with Crippen molar-refractivity contribution in [1.29, 1.82) is 0 Å². The molecule has 0 radical (unpaired) electrons. The molecule has 1 unspecified atom stereocenters. The maximum absolute atomic E-state index is 5.40. The SMILES string of the molecule is CC(C)(C)C.CCCC.c1ccc(OCC2CO2)cc1. The number of hydrogen-bond acceptors (Lipinski definition) is 2. The van der Waals surface area contributed by atoms with Crippen LogP contribution in [0.25, 0.3) is 0 Å². The Morgan fingerprint density at radius 3 is 1.85 bits per heavy atom. The summed E-state index contributed by atoms with van der Waals surface area (Å²) in [7, 11) is 0. The van der Waals surface area contributed by atoms with Crippen molar-refractivity contribution >= 4 is 0 Å². The molecule has 0 amide bonds. The van der Waals surface area contributed by atoms with Gasteiger partial charge in [-0.3, -0.25) is 0 Å². The van der Waals surface area contributed by atoms with E-state index in [2.05, 4.69) is 41.5 Å². The largest absolute Gasteiger partial charge is 0.491 e. The van der Waals surface area contributed by atoms with Crippen LogP contribution < -0.4 is 4.74 Å². The van der Waals surface area contributed by atoms with Gasteiger partial charge in [0.05, 0.1) is 6.61 Å². The summed E-state index contributed by atoms with van der Waals surface area (Å²) in [5, 5.41) is 0. The van der Waals surface area contributed by atoms with Gasteiger partial charge in [0.25, 0.3) is 0 Å². The molecule has 1 saturated heterocycles. The average molecular weight is 280 g/mol. The number of unbranched alkanes of at least 4 members (excludes halogenated alkanes) is 1. The number of ether oxygens (including phenoxy) is 2. The summed E-state index contributed by atoms with van der Waals surface area (Å²) in [4.78, 5) is 0. The highest BCUT2D eigenvalue weighted by atomic mass is 16.6. The van der Waals surface area contributed by atoms with Crippen molar-refractivity contribution in [1.82, 2.24) is 0 Å². The van der Waals surface area contributed by atoms with Gasteiger partial charge in [0.15, 0.2) is 0 Å². The van der Waals surface area contributed by atoms with Crippen molar-refractivity contribution in [2.75, 3.05) is 13.2 Å². The van der Waals surface area contributed by atoms with Crippen LogP contribution in [-0.4, -0.2) is 19.3 Å². The van der Waals surface area contributed by atoms with Gasteiger partial charge in [-0.15, -0.1) is 0 Å². The Kier molecular flexibility index (Phi) is 10.2. The van der Waals surface area contributed by atoms with Gasteiger partial charge in [-0.25, -0.2) is 0 Å². The summed E-state index contributed by atoms with van der Waals surface area (Å²) in [6.07, 6.45) is 2.98. The molecule has 0 aromatic heterocycles. The molecule has 0 N–H and O–H groups in total. The first-order valence-corrected chi connectivity index (χ1v) is 7.66. The summed E-state index contributed by atoms with van der Waals surface area (Å²) in [6, 6.07) is 9.79. The van der Waals surface area contributed by atoms with E-state index in [0.717, 1.165) is 12.4 Å². The second-order valence-electron chi connectivity index (χ2n) is 6.58. The molecule has 0 bridgehead atoms. The zero-order chi connectivity index (χ0) is 15.4. The fourth-order valence-corrected chi connectivity index (χ4v) is 0.870. The van der Waals surface area contributed by atoms with E-state index in [0.29, 0.717) is 18.1 Å². The highest BCUT2D eigenvalue weighted by molar-refractivity contribution is 5.20. The summed E-state index contributed by atoms with van der Waals surface area (Å²) in [5.74, 6) is 0.919. The van der Waals surface area contributed by atoms with E-state index < -0.39 is 0 Å². The molecule has 116 valence electrons. The van der Waals surface area contributed by atoms with Crippen LogP contribution in [0.5, 0.6) is 5.75 Å². The number of para-hydroxylation sites is 1. The molecule has 1 aliphatic rings. The lowest BCUT2D eigenvalue weighted by Gasteiger charge is -2.05. The van der Waals surface area contributed by atoms with Crippen LogP contribution >= 0.6 is 0 Å². The second kappa shape index (κ2) is 10.7. The zero-order valence-corrected chi connectivity index (χ0v) is 14.1. The smallest absolute Gasteiger partial charge is 0.119 e. The maximum Gasteiger partial charge on any atom is 0.119 e. The first-order chi connectivity index (χ1) is 9.36. The Bertz CT molecular complexity index is 302. The van der Waals surface area contributed by atoms with Gasteiger partial charge in [0.2, 0.25) is 0 Å². The molecule has 1 fully saturated rings. The number of hydrogen-bond donors (Lipinski definition) is 0. The molecular weight excluding hydrogens is 248 g/mol. The predicted molar refractivity (Wildman–Crippen MR) is 87.4 cm³/mol. The molecule has 1 heterocycles. The third kappa shape index (κ3) is 17.0. The lowest BCUT2D eigenvalue weighted by molar-refractivity contribution is 0.263. The molecule has 1 aromatic carbocycles. The number of epoxide rings is 1. The molecule has 0 aliphatic carbocycles. The Balaban J connectivity index is 0.000000340. The molecule has 0 spiro atoms. The third-order valence-corrected chi connectivity index (χ3v) is 2.08. The van der Waals surface area contributed by atoms with Crippen molar-refractivity contribution in [2.24, 2.45) is 5.41 Å². The molecule has 20 heavy (non-hydrogen) atoms. The van der Waals surface area contributed by atoms with Crippen LogP contribution in [0, 0.1) is 5.41 Å². The number of rotatable bonds is 4. The predicted octanol–water partition coefficient (Wildman–Crippen LogP) is 5.32. The summed E-state index contributed by atoms with van der Waals surface area (Å²) in [6.45, 7) is 14.6. The third-order valence-electron chi connectivity index (χ3n) is 2.08. The molecule has 2 heteroatoms. The van der Waals surface area contributed by atoms with Crippen molar-refractivity contribution in [2.45, 2.75) is 60.5 Å². The van der Waals surface area contributed by atoms with Crippen molar-refractivity contribution < 1.29 is 9.47 Å². The standard InChI is InChI=1S/C9H10O2.C5H12.C4H10/c1-2-4-8(5-3-1)10-6-9-7-11-9;1-5(2,3)4;1-3-4-2/h1-5,9H,6-7H2;1-4H3;3-4H2,1-2H3. The maximum atomic E-state index is 5.40. The Morgan fingerprint density at radius 1 is 1.05 bits per heavy atom. The average Bonchev–Trinajstić information content (AvgIpc) is 3.20. The molecular formula is C18H32O2. The zero-order valence-electron chi connectivity index (χ0n) is 14.1. The summed E-state index contributed by atoms with van der Waals surface area (Å²) in [5.41, 5.74) is 0.500. The fraction of sp³-hybridized carbons (Fsp3) is 0.667. The quantitative estimate of drug-likeness (QED) is 0.696. The summed E-state index contributed by atoms with van der Waals surface area (Å²) < 4.78 is 10.4. The van der Waals surface area contributed by atoms with Gasteiger partial charge in [-0.05, 0) is 17.5 Å². The van der Waals surface area contributed by atoms with E-state index >= 15 is 0 Å². The minimum absolute atomic E-state index is 0.343. The monoisotopic (exact) mass is 280 g/mol. The van der Waals surface area contributed by atoms with Crippen LogP contribution in [0.1, 0.15) is 54.4 Å². The highest BCUT2D eigenvalue weighted by Gasteiger charge is 2.22. The normalized spacial score (nSPS) is 16.2. The first kappa shape index (κ1) is 19.0. The molecule has 0 saturated carbocycles. The highest BCUT2D eigenvalue weighted by Crippen LogP contribution is 2.13. The van der Waals surface area contributed by atoms with E-state index in [1.807, 2.05) is 30.3 Å². The van der Waals surface area contributed by atoms with Crippen LogP contribution in [0.4, 0.5) is 0 Å². The minimum Gasteiger partial charge on any atom is -0.491 e. The van der Waals surface area contributed by atoms with Crippen LogP contribution in [0.3, 0.4) is 0 Å². The Morgan fingerprint density at radius 2 is 1.50 bits per heavy atom. The Hall–Kier alpha value is -1.02. The van der Waals surface area contributed by atoms with E-state index in [4.69, 9.17) is 9.47 Å². The van der Waals surface area contributed by atoms with Crippen molar-refractivity contribution in [3.63, 3.8) is 0 Å². The number of benzene rings is 1. The molecule has 1 aliphatic heterocycles. The van der Waals surface area contributed by atoms with E-state index in [1.165, 1.54) is 12.8 Å². The Labute approximate surface area is 125 Å². The minimum atomic E-state index is 0.343. The van der Waals surface area contributed by atoms with Gasteiger partial charge in [-0.1, -0.05) is 72.6 Å².